The van der Waals surface area contributed by atoms with Crippen molar-refractivity contribution in [3.05, 3.63) is 32.1 Å². The van der Waals surface area contributed by atoms with E-state index in [9.17, 15) is 4.79 Å². The van der Waals surface area contributed by atoms with Gasteiger partial charge in [-0.25, -0.2) is 0 Å². The lowest BCUT2D eigenvalue weighted by Gasteiger charge is -2.03. The smallest absolute Gasteiger partial charge is 0.225 e. The van der Waals surface area contributed by atoms with Gasteiger partial charge < -0.3 is 4.74 Å². The van der Waals surface area contributed by atoms with Crippen LogP contribution in [0.4, 0.5) is 0 Å². The summed E-state index contributed by atoms with van der Waals surface area (Å²) < 4.78 is 5.53. The van der Waals surface area contributed by atoms with Crippen LogP contribution in [0.2, 0.25) is 0 Å². The highest BCUT2D eigenvalue weighted by Crippen LogP contribution is 2.20. The molecule has 0 bridgehead atoms. The first-order valence-corrected chi connectivity index (χ1v) is 5.03. The number of benzene rings is 1. The van der Waals surface area contributed by atoms with Gasteiger partial charge in [0.2, 0.25) is 5.43 Å². The molecule has 0 unspecified atom stereocenters. The van der Waals surface area contributed by atoms with Crippen LogP contribution in [0.5, 0.6) is 5.75 Å². The monoisotopic (exact) mass is 302 g/mol. The molecule has 0 aliphatic heterocycles. The summed E-state index contributed by atoms with van der Waals surface area (Å²) in [6, 6.07) is 5.36. The van der Waals surface area contributed by atoms with Gasteiger partial charge in [-0.1, -0.05) is 6.07 Å². The van der Waals surface area contributed by atoms with Crippen LogP contribution in [0.1, 0.15) is 0 Å². The lowest BCUT2D eigenvalue weighted by molar-refractivity contribution is 0.419. The van der Waals surface area contributed by atoms with Gasteiger partial charge in [-0.05, 0) is 34.7 Å². The van der Waals surface area contributed by atoms with Gasteiger partial charge in [0.15, 0.2) is 3.70 Å². The average Bonchev–Trinajstić information content (AvgIpc) is 2.23. The predicted octanol–water partition coefficient (Wildman–Crippen LogP) is 1.54. The molecule has 0 radical (unpaired) electrons. The number of nitrogens with one attached hydrogen (secondary N) is 1. The summed E-state index contributed by atoms with van der Waals surface area (Å²) in [7, 11) is 1.54. The van der Waals surface area contributed by atoms with E-state index in [0.29, 0.717) is 20.4 Å². The number of fused-ring (bicyclic) bond motifs is 1. The number of halogens is 1. The minimum absolute atomic E-state index is 0.100. The van der Waals surface area contributed by atoms with Crippen molar-refractivity contribution >= 4 is 33.5 Å². The van der Waals surface area contributed by atoms with Gasteiger partial charge in [0.05, 0.1) is 18.0 Å². The van der Waals surface area contributed by atoms with Crippen molar-refractivity contribution in [3.63, 3.8) is 0 Å². The molecule has 0 saturated heterocycles. The zero-order valence-electron chi connectivity index (χ0n) is 7.37. The molecule has 0 saturated carbocycles. The molecular weight excluding hydrogens is 295 g/mol. The predicted molar refractivity (Wildman–Crippen MR) is 61.6 cm³/mol. The summed E-state index contributed by atoms with van der Waals surface area (Å²) in [5.74, 6) is 0.573. The highest BCUT2D eigenvalue weighted by atomic mass is 127. The maximum atomic E-state index is 11.7. The van der Waals surface area contributed by atoms with Crippen LogP contribution >= 0.6 is 22.6 Å². The Morgan fingerprint density at radius 2 is 2.29 bits per heavy atom. The van der Waals surface area contributed by atoms with Gasteiger partial charge in [-0.2, -0.15) is 5.10 Å². The Hall–Kier alpha value is -1.11. The lowest BCUT2D eigenvalue weighted by atomic mass is 10.2. The third kappa shape index (κ3) is 1.37. The van der Waals surface area contributed by atoms with Crippen molar-refractivity contribution in [2.75, 3.05) is 7.11 Å². The van der Waals surface area contributed by atoms with Gasteiger partial charge in [0.25, 0.3) is 0 Å². The van der Waals surface area contributed by atoms with Gasteiger partial charge in [-0.3, -0.25) is 9.89 Å². The number of H-pyrrole nitrogens is 1. The first-order chi connectivity index (χ1) is 6.74. The van der Waals surface area contributed by atoms with E-state index in [-0.39, 0.29) is 5.43 Å². The molecule has 1 heterocycles. The number of rotatable bonds is 1. The molecule has 0 aliphatic rings. The molecule has 5 heteroatoms. The molecule has 0 amide bonds. The zero-order valence-corrected chi connectivity index (χ0v) is 9.53. The standard InChI is InChI=1S/C9H7IN2O2/c1-14-6-4-2-3-5-7(6)8(13)9(10)12-11-5/h2-4H,1H3,(H,11,13). The summed E-state index contributed by atoms with van der Waals surface area (Å²) in [5.41, 5.74) is 0.589. The van der Waals surface area contributed by atoms with E-state index in [1.807, 2.05) is 28.7 Å². The molecular formula is C9H7IN2O2. The molecule has 0 aliphatic carbocycles. The van der Waals surface area contributed by atoms with Gasteiger partial charge in [0, 0.05) is 0 Å². The van der Waals surface area contributed by atoms with Crippen molar-refractivity contribution < 1.29 is 4.74 Å². The first kappa shape index (κ1) is 9.45. The van der Waals surface area contributed by atoms with E-state index >= 15 is 0 Å². The third-order valence-corrected chi connectivity index (χ3v) is 2.67. The SMILES string of the molecule is COc1cccc2[nH]nc(I)c(=O)c12. The summed E-state index contributed by atoms with van der Waals surface area (Å²) in [6.45, 7) is 0. The van der Waals surface area contributed by atoms with Crippen molar-refractivity contribution in [1.29, 1.82) is 0 Å². The Morgan fingerprint density at radius 1 is 1.50 bits per heavy atom. The molecule has 1 aromatic heterocycles. The number of hydrogen-bond donors (Lipinski definition) is 1. The second kappa shape index (κ2) is 3.56. The maximum absolute atomic E-state index is 11.7. The largest absolute Gasteiger partial charge is 0.496 e. The highest BCUT2D eigenvalue weighted by Gasteiger charge is 2.08. The van der Waals surface area contributed by atoms with E-state index in [4.69, 9.17) is 4.74 Å². The second-order valence-corrected chi connectivity index (χ2v) is 3.75. The molecule has 72 valence electrons. The Balaban J connectivity index is 2.97. The number of ether oxygens (including phenoxy) is 1. The van der Waals surface area contributed by atoms with Gasteiger partial charge in [0.1, 0.15) is 5.75 Å². The molecule has 1 N–H and O–H groups in total. The summed E-state index contributed by atoms with van der Waals surface area (Å²) in [5, 5.41) is 7.22. The molecule has 14 heavy (non-hydrogen) atoms. The normalized spacial score (nSPS) is 10.4. The fraction of sp³-hybridized carbons (Fsp3) is 0.111. The number of hydrogen-bond acceptors (Lipinski definition) is 3. The minimum atomic E-state index is -0.100. The quantitative estimate of drug-likeness (QED) is 0.813. The molecule has 2 aromatic rings. The van der Waals surface area contributed by atoms with Crippen molar-refractivity contribution in [3.8, 4) is 5.75 Å². The van der Waals surface area contributed by atoms with E-state index in [2.05, 4.69) is 10.2 Å². The van der Waals surface area contributed by atoms with Crippen LogP contribution in [-0.4, -0.2) is 17.3 Å². The highest BCUT2D eigenvalue weighted by molar-refractivity contribution is 14.1. The van der Waals surface area contributed by atoms with Crippen molar-refractivity contribution in [1.82, 2.24) is 10.2 Å². The van der Waals surface area contributed by atoms with E-state index in [1.54, 1.807) is 19.2 Å². The zero-order chi connectivity index (χ0) is 10.1. The van der Waals surface area contributed by atoms with Crippen LogP contribution in [0, 0.1) is 3.70 Å². The van der Waals surface area contributed by atoms with Crippen LogP contribution in [0.15, 0.2) is 23.0 Å². The van der Waals surface area contributed by atoms with Crippen LogP contribution in [-0.2, 0) is 0 Å². The average molecular weight is 302 g/mol. The number of aromatic amines is 1. The summed E-state index contributed by atoms with van der Waals surface area (Å²) in [6.07, 6.45) is 0. The maximum Gasteiger partial charge on any atom is 0.225 e. The Labute approximate surface area is 93.4 Å². The number of nitrogens with zero attached hydrogens (tertiary/aromatic N) is 1. The summed E-state index contributed by atoms with van der Waals surface area (Å²) in [4.78, 5) is 11.7. The molecule has 2 rings (SSSR count). The Morgan fingerprint density at radius 3 is 3.00 bits per heavy atom. The number of methoxy groups -OCH3 is 1. The number of aromatic nitrogens is 2. The Kier molecular flexibility index (Phi) is 2.40. The first-order valence-electron chi connectivity index (χ1n) is 3.95. The fourth-order valence-electron chi connectivity index (χ4n) is 1.29. The minimum Gasteiger partial charge on any atom is -0.496 e. The van der Waals surface area contributed by atoms with E-state index in [1.165, 1.54) is 0 Å². The van der Waals surface area contributed by atoms with Crippen LogP contribution in [0.25, 0.3) is 10.9 Å². The topological polar surface area (TPSA) is 55.0 Å². The molecule has 0 atom stereocenters. The molecule has 1 aromatic carbocycles. The molecule has 0 fully saturated rings. The van der Waals surface area contributed by atoms with E-state index < -0.39 is 0 Å². The van der Waals surface area contributed by atoms with Crippen LogP contribution < -0.4 is 10.2 Å². The summed E-state index contributed by atoms with van der Waals surface area (Å²) >= 11 is 1.90. The molecule has 4 nitrogen and oxygen atoms in total. The van der Waals surface area contributed by atoms with Gasteiger partial charge >= 0.3 is 0 Å². The van der Waals surface area contributed by atoms with Crippen LogP contribution in [0.3, 0.4) is 0 Å². The molecule has 0 spiro atoms. The van der Waals surface area contributed by atoms with Crippen molar-refractivity contribution in [2.24, 2.45) is 0 Å². The fourth-order valence-corrected chi connectivity index (χ4v) is 1.68. The van der Waals surface area contributed by atoms with Gasteiger partial charge in [-0.15, -0.1) is 0 Å². The second-order valence-electron chi connectivity index (χ2n) is 2.73. The van der Waals surface area contributed by atoms with E-state index in [0.717, 1.165) is 0 Å². The Bertz CT molecular complexity index is 536. The lowest BCUT2D eigenvalue weighted by Crippen LogP contribution is -2.10. The van der Waals surface area contributed by atoms with Crippen molar-refractivity contribution in [2.45, 2.75) is 0 Å². The third-order valence-electron chi connectivity index (χ3n) is 1.94.